The summed E-state index contributed by atoms with van der Waals surface area (Å²) >= 11 is 0. The molecule has 13 heteroatoms. The summed E-state index contributed by atoms with van der Waals surface area (Å²) in [6, 6.07) is 46.8. The maximum Gasteiger partial charge on any atom is 0.511 e. The summed E-state index contributed by atoms with van der Waals surface area (Å²) in [5.41, 5.74) is 7.52. The van der Waals surface area contributed by atoms with Gasteiger partial charge in [0.1, 0.15) is 11.6 Å². The number of aromatic nitrogens is 5. The van der Waals surface area contributed by atoms with Crippen molar-refractivity contribution >= 4 is 23.5 Å². The molecule has 5 aromatic carbocycles. The highest BCUT2D eigenvalue weighted by Gasteiger charge is 2.42. The highest BCUT2D eigenvalue weighted by Crippen LogP contribution is 2.43. The molecule has 0 amide bonds. The molecular formula is C51H51N7O6. The summed E-state index contributed by atoms with van der Waals surface area (Å²) in [4.78, 5) is 28.3. The molecule has 2 unspecified atom stereocenters. The largest absolute Gasteiger partial charge is 0.511 e. The Morgan fingerprint density at radius 1 is 0.797 bits per heavy atom. The standard InChI is InChI=1S/C51H51N7O6/c1-4-61-49-52-44-27-17-26-43(48(59)62-36(3)63-50(60)64-42-24-15-8-16-25-42)46(44)57(49)34-37-28-30-41(31-29-37)56-33-35(2)32-45(56)47-53-54-55-58(47)51(38-18-9-5-10-19-38,39-20-11-6-12-21-39)40-22-13-7-14-23-40/h5-7,9-14,17-23,26-33,36,42,49,52H,4,8,15-16,24-25,34H2,1-3H3. The number of nitrogens with one attached hydrogen (secondary N) is 1. The minimum atomic E-state index is -1.16. The predicted octanol–water partition coefficient (Wildman–Crippen LogP) is 10.0. The van der Waals surface area contributed by atoms with Gasteiger partial charge in [0.2, 0.25) is 18.5 Å². The Bertz CT molecular complexity index is 2580. The Balaban J connectivity index is 1.01. The molecule has 64 heavy (non-hydrogen) atoms. The smallest absolute Gasteiger partial charge is 0.431 e. The molecule has 13 nitrogen and oxygen atoms in total. The number of carbonyl (C=O) groups is 2. The van der Waals surface area contributed by atoms with Gasteiger partial charge in [-0.05, 0) is 108 Å². The topological polar surface area (TPSA) is 135 Å². The van der Waals surface area contributed by atoms with E-state index in [4.69, 9.17) is 29.3 Å². The van der Waals surface area contributed by atoms with E-state index < -0.39 is 30.3 Å². The van der Waals surface area contributed by atoms with Gasteiger partial charge >= 0.3 is 12.1 Å². The monoisotopic (exact) mass is 857 g/mol. The summed E-state index contributed by atoms with van der Waals surface area (Å²) in [5, 5.41) is 17.2. The van der Waals surface area contributed by atoms with E-state index in [1.54, 1.807) is 12.1 Å². The Morgan fingerprint density at radius 2 is 1.44 bits per heavy atom. The molecule has 1 fully saturated rings. The van der Waals surface area contributed by atoms with Crippen LogP contribution in [0.5, 0.6) is 0 Å². The van der Waals surface area contributed by atoms with Gasteiger partial charge in [-0.25, -0.2) is 14.3 Å². The molecular weight excluding hydrogens is 807 g/mol. The number of fused-ring (bicyclic) bond motifs is 1. The number of benzene rings is 5. The Labute approximate surface area is 372 Å². The van der Waals surface area contributed by atoms with Crippen LogP contribution in [0.4, 0.5) is 16.2 Å². The summed E-state index contributed by atoms with van der Waals surface area (Å²) in [6.07, 6.45) is 4.13. The lowest BCUT2D eigenvalue weighted by atomic mass is 9.77. The fourth-order valence-electron chi connectivity index (χ4n) is 9.05. The van der Waals surface area contributed by atoms with Crippen LogP contribution in [0.25, 0.3) is 17.2 Å². The number of nitrogens with zero attached hydrogens (tertiary/aromatic N) is 6. The van der Waals surface area contributed by atoms with Gasteiger partial charge in [-0.3, -0.25) is 0 Å². The molecule has 2 aromatic heterocycles. The van der Waals surface area contributed by atoms with E-state index in [9.17, 15) is 9.59 Å². The maximum atomic E-state index is 13.7. The van der Waals surface area contributed by atoms with Crippen LogP contribution in [0.15, 0.2) is 146 Å². The van der Waals surface area contributed by atoms with Gasteiger partial charge in [0.25, 0.3) is 0 Å². The molecule has 326 valence electrons. The van der Waals surface area contributed by atoms with Crippen LogP contribution < -0.4 is 10.2 Å². The number of hydrogen-bond donors (Lipinski definition) is 1. The molecule has 7 aromatic rings. The predicted molar refractivity (Wildman–Crippen MR) is 243 cm³/mol. The molecule has 0 saturated heterocycles. The van der Waals surface area contributed by atoms with Crippen LogP contribution in [-0.4, -0.2) is 62.3 Å². The first-order valence-electron chi connectivity index (χ1n) is 21.9. The van der Waals surface area contributed by atoms with Crippen LogP contribution in [0, 0.1) is 6.92 Å². The van der Waals surface area contributed by atoms with Crippen molar-refractivity contribution in [3.05, 3.63) is 179 Å². The van der Waals surface area contributed by atoms with Gasteiger partial charge < -0.3 is 33.7 Å². The van der Waals surface area contributed by atoms with Crippen molar-refractivity contribution in [2.45, 2.75) is 83.7 Å². The summed E-state index contributed by atoms with van der Waals surface area (Å²) in [6.45, 7) is 6.33. The summed E-state index contributed by atoms with van der Waals surface area (Å²) in [7, 11) is 0. The number of carbonyl (C=O) groups excluding carboxylic acids is 2. The molecule has 3 heterocycles. The molecule has 1 N–H and O–H groups in total. The van der Waals surface area contributed by atoms with E-state index >= 15 is 0 Å². The zero-order valence-electron chi connectivity index (χ0n) is 36.2. The second kappa shape index (κ2) is 18.6. The van der Waals surface area contributed by atoms with Crippen molar-refractivity contribution in [3.63, 3.8) is 0 Å². The van der Waals surface area contributed by atoms with E-state index in [2.05, 4.69) is 94.9 Å². The lowest BCUT2D eigenvalue weighted by Crippen LogP contribution is -2.39. The summed E-state index contributed by atoms with van der Waals surface area (Å²) < 4.78 is 26.7. The number of hydrogen-bond acceptors (Lipinski definition) is 11. The zero-order chi connectivity index (χ0) is 44.0. The number of para-hydroxylation sites is 1. The van der Waals surface area contributed by atoms with Gasteiger partial charge in [-0.1, -0.05) is 116 Å². The minimum absolute atomic E-state index is 0.177. The third-order valence-electron chi connectivity index (χ3n) is 11.9. The lowest BCUT2D eigenvalue weighted by Gasteiger charge is -2.36. The molecule has 0 spiro atoms. The number of anilines is 2. The second-order valence-corrected chi connectivity index (χ2v) is 16.2. The third-order valence-corrected chi connectivity index (χ3v) is 11.9. The molecule has 0 radical (unpaired) electrons. The number of tetrazole rings is 1. The number of esters is 1. The molecule has 1 aliphatic heterocycles. The average Bonchev–Trinajstić information content (AvgIpc) is 4.06. The van der Waals surface area contributed by atoms with Crippen molar-refractivity contribution in [3.8, 4) is 17.2 Å². The normalized spacial score (nSPS) is 15.5. The van der Waals surface area contributed by atoms with Crippen LogP contribution in [0.2, 0.25) is 0 Å². The van der Waals surface area contributed by atoms with Crippen molar-refractivity contribution in [1.29, 1.82) is 0 Å². The van der Waals surface area contributed by atoms with E-state index in [1.807, 2.05) is 77.2 Å². The van der Waals surface area contributed by atoms with Gasteiger partial charge in [0, 0.05) is 32.0 Å². The Morgan fingerprint density at radius 3 is 2.06 bits per heavy atom. The number of aryl methyl sites for hydroxylation is 1. The molecule has 9 rings (SSSR count). The quantitative estimate of drug-likeness (QED) is 0.0636. The van der Waals surface area contributed by atoms with E-state index in [1.165, 1.54) is 6.92 Å². The minimum Gasteiger partial charge on any atom is -0.431 e. The maximum absolute atomic E-state index is 13.7. The third kappa shape index (κ3) is 8.34. The van der Waals surface area contributed by atoms with Crippen molar-refractivity contribution in [1.82, 2.24) is 24.8 Å². The van der Waals surface area contributed by atoms with Gasteiger partial charge in [0.15, 0.2) is 0 Å². The van der Waals surface area contributed by atoms with E-state index in [-0.39, 0.29) is 6.10 Å². The zero-order valence-corrected chi connectivity index (χ0v) is 36.2. The molecule has 2 atom stereocenters. The van der Waals surface area contributed by atoms with Crippen LogP contribution in [-0.2, 0) is 31.0 Å². The number of rotatable bonds is 14. The van der Waals surface area contributed by atoms with Gasteiger partial charge in [-0.15, -0.1) is 5.10 Å². The first-order chi connectivity index (χ1) is 31.3. The van der Waals surface area contributed by atoms with Crippen molar-refractivity contribution in [2.24, 2.45) is 0 Å². The highest BCUT2D eigenvalue weighted by molar-refractivity contribution is 6.01. The second-order valence-electron chi connectivity index (χ2n) is 16.2. The van der Waals surface area contributed by atoms with E-state index in [0.717, 1.165) is 77.0 Å². The molecule has 1 saturated carbocycles. The highest BCUT2D eigenvalue weighted by atomic mass is 16.8. The average molecular weight is 858 g/mol. The Hall–Kier alpha value is -7.25. The molecule has 2 aliphatic rings. The van der Waals surface area contributed by atoms with Crippen LogP contribution >= 0.6 is 0 Å². The van der Waals surface area contributed by atoms with Crippen molar-refractivity contribution in [2.75, 3.05) is 16.8 Å². The fourth-order valence-corrected chi connectivity index (χ4v) is 9.05. The van der Waals surface area contributed by atoms with Crippen LogP contribution in [0.3, 0.4) is 0 Å². The molecule has 0 bridgehead atoms. The Kier molecular flexibility index (Phi) is 12.2. The van der Waals surface area contributed by atoms with E-state index in [0.29, 0.717) is 30.2 Å². The SMILES string of the molecule is CCOC1Nc2cccc(C(=O)OC(C)OC(=O)OC3CCCCC3)c2N1Cc1ccc(-n2cc(C)cc2-c2nnnn2C(c2ccccc2)(c2ccccc2)c2ccccc2)cc1. The first-order valence-corrected chi connectivity index (χ1v) is 21.9. The van der Waals surface area contributed by atoms with Crippen LogP contribution in [0.1, 0.15) is 84.1 Å². The fraction of sp³-hybridized carbons (Fsp3) is 0.275. The van der Waals surface area contributed by atoms with Gasteiger partial charge in [0.05, 0.1) is 22.6 Å². The number of ether oxygens (including phenoxy) is 4. The van der Waals surface area contributed by atoms with Crippen molar-refractivity contribution < 1.29 is 28.5 Å². The lowest BCUT2D eigenvalue weighted by molar-refractivity contribution is -0.0914. The summed E-state index contributed by atoms with van der Waals surface area (Å²) in [5.74, 6) is -0.0453. The van der Waals surface area contributed by atoms with Gasteiger partial charge in [-0.2, -0.15) is 0 Å². The molecule has 1 aliphatic carbocycles. The first kappa shape index (κ1) is 42.1.